The van der Waals surface area contributed by atoms with Gasteiger partial charge in [0.15, 0.2) is 11.5 Å². The van der Waals surface area contributed by atoms with E-state index in [1.165, 1.54) is 6.07 Å². The number of ether oxygens (including phenoxy) is 2. The molecule has 0 N–H and O–H groups in total. The molecule has 31 heavy (non-hydrogen) atoms. The number of carbonyl (C=O) groups excluding carboxylic acids is 1. The van der Waals surface area contributed by atoms with E-state index in [0.717, 1.165) is 41.9 Å². The van der Waals surface area contributed by atoms with Crippen molar-refractivity contribution in [1.82, 2.24) is 9.21 Å². The van der Waals surface area contributed by atoms with Gasteiger partial charge >= 0.3 is 0 Å². The minimum atomic E-state index is -3.76. The average Bonchev–Trinajstić information content (AvgIpc) is 2.97. The number of amides is 1. The van der Waals surface area contributed by atoms with Crippen LogP contribution in [0, 0.1) is 0 Å². The van der Waals surface area contributed by atoms with Crippen LogP contribution >= 0.6 is 11.6 Å². The lowest BCUT2D eigenvalue weighted by molar-refractivity contribution is 0.0858. The molecule has 1 saturated heterocycles. The number of nitrogens with zero attached hydrogens (tertiary/aromatic N) is 3. The summed E-state index contributed by atoms with van der Waals surface area (Å²) in [5, 5.41) is 0.596. The first-order valence-corrected chi connectivity index (χ1v) is 12.0. The van der Waals surface area contributed by atoms with E-state index in [-0.39, 0.29) is 17.0 Å². The van der Waals surface area contributed by atoms with Crippen LogP contribution in [0.2, 0.25) is 5.02 Å². The normalized spacial score (nSPS) is 20.1. The molecular formula is C21H22ClN3O5S. The molecule has 0 radical (unpaired) electrons. The minimum absolute atomic E-state index is 0.0952. The summed E-state index contributed by atoms with van der Waals surface area (Å²) in [5.41, 5.74) is 1.16. The summed E-state index contributed by atoms with van der Waals surface area (Å²) in [4.78, 5) is 17.0. The second-order valence-corrected chi connectivity index (χ2v) is 9.92. The Labute approximate surface area is 185 Å². The van der Waals surface area contributed by atoms with Crippen LogP contribution in [0.1, 0.15) is 10.4 Å². The number of anilines is 1. The zero-order valence-electron chi connectivity index (χ0n) is 16.8. The Bertz CT molecular complexity index is 1130. The van der Waals surface area contributed by atoms with Crippen LogP contribution < -0.4 is 14.4 Å². The van der Waals surface area contributed by atoms with E-state index in [9.17, 15) is 13.2 Å². The molecule has 0 aliphatic carbocycles. The summed E-state index contributed by atoms with van der Waals surface area (Å²) >= 11 is 6.26. The van der Waals surface area contributed by atoms with Gasteiger partial charge in [-0.15, -0.1) is 0 Å². The third-order valence-corrected chi connectivity index (χ3v) is 7.89. The number of halogens is 1. The zero-order chi connectivity index (χ0) is 21.6. The van der Waals surface area contributed by atoms with E-state index in [2.05, 4.69) is 9.80 Å². The molecule has 0 unspecified atom stereocenters. The molecule has 0 saturated carbocycles. The molecule has 2 aromatic rings. The molecule has 0 spiro atoms. The fourth-order valence-electron chi connectivity index (χ4n) is 4.23. The Morgan fingerprint density at radius 3 is 2.48 bits per heavy atom. The Morgan fingerprint density at radius 2 is 1.71 bits per heavy atom. The summed E-state index contributed by atoms with van der Waals surface area (Å²) in [6, 6.07) is 10.0. The van der Waals surface area contributed by atoms with Crippen LogP contribution in [0.25, 0.3) is 0 Å². The minimum Gasteiger partial charge on any atom is -0.486 e. The molecule has 5 rings (SSSR count). The molecule has 3 heterocycles. The van der Waals surface area contributed by atoms with Crippen LogP contribution in [-0.4, -0.2) is 76.0 Å². The van der Waals surface area contributed by atoms with Gasteiger partial charge in [0.2, 0.25) is 0 Å². The molecule has 1 fully saturated rings. The van der Waals surface area contributed by atoms with Crippen LogP contribution in [-0.2, 0) is 10.0 Å². The van der Waals surface area contributed by atoms with E-state index in [1.807, 2.05) is 6.07 Å². The van der Waals surface area contributed by atoms with Crippen molar-refractivity contribution >= 4 is 33.2 Å². The molecule has 1 amide bonds. The van der Waals surface area contributed by atoms with Gasteiger partial charge in [-0.25, -0.2) is 12.7 Å². The third kappa shape index (κ3) is 3.60. The first-order chi connectivity index (χ1) is 14.9. The maximum atomic E-state index is 12.7. The van der Waals surface area contributed by atoms with Crippen LogP contribution in [0.15, 0.2) is 41.3 Å². The van der Waals surface area contributed by atoms with Gasteiger partial charge in [-0.1, -0.05) is 23.7 Å². The SMILES string of the molecule is O=C1c2ccccc2S(=O)(=O)N1CCN1CCN(c2cc(Cl)cc3c2OCCO3)CC1. The molecule has 8 nitrogen and oxygen atoms in total. The predicted molar refractivity (Wildman–Crippen MR) is 116 cm³/mol. The largest absolute Gasteiger partial charge is 0.486 e. The number of fused-ring (bicyclic) bond motifs is 2. The second kappa shape index (κ2) is 7.89. The number of piperazine rings is 1. The van der Waals surface area contributed by atoms with Crippen molar-refractivity contribution < 1.29 is 22.7 Å². The second-order valence-electron chi connectivity index (χ2n) is 7.66. The van der Waals surface area contributed by atoms with Gasteiger partial charge < -0.3 is 14.4 Å². The highest BCUT2D eigenvalue weighted by atomic mass is 35.5. The highest BCUT2D eigenvalue weighted by Crippen LogP contribution is 2.42. The molecule has 0 bridgehead atoms. The summed E-state index contributed by atoms with van der Waals surface area (Å²) in [7, 11) is -3.76. The van der Waals surface area contributed by atoms with E-state index in [1.54, 1.807) is 24.3 Å². The van der Waals surface area contributed by atoms with Crippen molar-refractivity contribution in [2.24, 2.45) is 0 Å². The van der Waals surface area contributed by atoms with E-state index >= 15 is 0 Å². The number of benzene rings is 2. The molecule has 2 aromatic carbocycles. The average molecular weight is 464 g/mol. The quantitative estimate of drug-likeness (QED) is 0.686. The summed E-state index contributed by atoms with van der Waals surface area (Å²) in [6.07, 6.45) is 0. The molecule has 3 aliphatic rings. The Morgan fingerprint density at radius 1 is 0.968 bits per heavy atom. The van der Waals surface area contributed by atoms with Crippen molar-refractivity contribution in [3.05, 3.63) is 47.0 Å². The molecule has 3 aliphatic heterocycles. The maximum Gasteiger partial charge on any atom is 0.269 e. The van der Waals surface area contributed by atoms with Crippen LogP contribution in [0.3, 0.4) is 0 Å². The Hall–Kier alpha value is -2.49. The van der Waals surface area contributed by atoms with Gasteiger partial charge in [-0.05, 0) is 18.2 Å². The van der Waals surface area contributed by atoms with Crippen molar-refractivity contribution in [3.63, 3.8) is 0 Å². The molecule has 10 heteroatoms. The smallest absolute Gasteiger partial charge is 0.269 e. The number of hydrogen-bond acceptors (Lipinski definition) is 7. The fraction of sp³-hybridized carbons (Fsp3) is 0.381. The molecule has 164 valence electrons. The first kappa shape index (κ1) is 20.4. The van der Waals surface area contributed by atoms with Crippen molar-refractivity contribution in [3.8, 4) is 11.5 Å². The zero-order valence-corrected chi connectivity index (χ0v) is 18.4. The molecule has 0 atom stereocenters. The Balaban J connectivity index is 1.23. The van der Waals surface area contributed by atoms with Gasteiger partial charge in [0, 0.05) is 43.8 Å². The van der Waals surface area contributed by atoms with Crippen LogP contribution in [0.4, 0.5) is 5.69 Å². The van der Waals surface area contributed by atoms with E-state index < -0.39 is 15.9 Å². The lowest BCUT2D eigenvalue weighted by Gasteiger charge is -2.37. The van der Waals surface area contributed by atoms with E-state index in [4.69, 9.17) is 21.1 Å². The highest BCUT2D eigenvalue weighted by Gasteiger charge is 2.40. The summed E-state index contributed by atoms with van der Waals surface area (Å²) in [5.74, 6) is 0.932. The highest BCUT2D eigenvalue weighted by molar-refractivity contribution is 7.90. The van der Waals surface area contributed by atoms with E-state index in [0.29, 0.717) is 30.5 Å². The van der Waals surface area contributed by atoms with Crippen molar-refractivity contribution in [1.29, 1.82) is 0 Å². The Kier molecular flexibility index (Phi) is 5.19. The van der Waals surface area contributed by atoms with Gasteiger partial charge in [0.1, 0.15) is 18.1 Å². The number of hydrogen-bond donors (Lipinski definition) is 0. The molecule has 0 aromatic heterocycles. The number of sulfonamides is 1. The van der Waals surface area contributed by atoms with Crippen molar-refractivity contribution in [2.45, 2.75) is 4.90 Å². The fourth-order valence-corrected chi connectivity index (χ4v) is 6.00. The maximum absolute atomic E-state index is 12.7. The lowest BCUT2D eigenvalue weighted by Crippen LogP contribution is -2.49. The van der Waals surface area contributed by atoms with Gasteiger partial charge in [0.05, 0.1) is 17.8 Å². The lowest BCUT2D eigenvalue weighted by atomic mass is 10.2. The standard InChI is InChI=1S/C21H22ClN3O5S/c22-15-13-17(20-18(14-15)29-11-12-30-20)24-8-5-23(6-9-24)7-10-25-21(26)16-3-1-2-4-19(16)31(25,27)28/h1-4,13-14H,5-12H2. The third-order valence-electron chi connectivity index (χ3n) is 5.83. The van der Waals surface area contributed by atoms with Crippen molar-refractivity contribution in [2.75, 3.05) is 57.4 Å². The number of carbonyl (C=O) groups is 1. The van der Waals surface area contributed by atoms with Crippen LogP contribution in [0.5, 0.6) is 11.5 Å². The summed E-state index contributed by atoms with van der Waals surface area (Å²) in [6.45, 7) is 4.56. The monoisotopic (exact) mass is 463 g/mol. The van der Waals surface area contributed by atoms with Gasteiger partial charge in [-0.3, -0.25) is 9.69 Å². The number of rotatable bonds is 4. The first-order valence-electron chi connectivity index (χ1n) is 10.2. The topological polar surface area (TPSA) is 79.4 Å². The predicted octanol–water partition coefficient (Wildman–Crippen LogP) is 2.08. The summed E-state index contributed by atoms with van der Waals surface area (Å²) < 4.78 is 37.9. The van der Waals surface area contributed by atoms with Gasteiger partial charge in [-0.2, -0.15) is 0 Å². The van der Waals surface area contributed by atoms with Gasteiger partial charge in [0.25, 0.3) is 15.9 Å². The molecular weight excluding hydrogens is 442 g/mol.